The van der Waals surface area contributed by atoms with E-state index < -0.39 is 5.97 Å². The van der Waals surface area contributed by atoms with Gasteiger partial charge in [0.2, 0.25) is 0 Å². The quantitative estimate of drug-likeness (QED) is 0.845. The second-order valence-electron chi connectivity index (χ2n) is 4.33. The van der Waals surface area contributed by atoms with Crippen LogP contribution in [0.2, 0.25) is 0 Å². The smallest absolute Gasteiger partial charge is 0.323 e. The zero-order chi connectivity index (χ0) is 13.1. The Labute approximate surface area is 105 Å². The Hall–Kier alpha value is -1.88. The summed E-state index contributed by atoms with van der Waals surface area (Å²) in [4.78, 5) is 15.4. The van der Waals surface area contributed by atoms with Crippen LogP contribution in [-0.4, -0.2) is 20.6 Å². The second-order valence-corrected chi connectivity index (χ2v) is 4.33. The Bertz CT molecular complexity index is 562. The summed E-state index contributed by atoms with van der Waals surface area (Å²) in [5, 5.41) is 8.99. The SMILES string of the molecule is CCCC(N)c1nc2ccccc2n1CC(=O)O. The lowest BCUT2D eigenvalue weighted by molar-refractivity contribution is -0.137. The first-order valence-corrected chi connectivity index (χ1v) is 6.06. The van der Waals surface area contributed by atoms with E-state index in [0.29, 0.717) is 5.82 Å². The van der Waals surface area contributed by atoms with Gasteiger partial charge in [-0.1, -0.05) is 25.5 Å². The van der Waals surface area contributed by atoms with E-state index in [2.05, 4.69) is 4.98 Å². The van der Waals surface area contributed by atoms with E-state index in [-0.39, 0.29) is 12.6 Å². The number of nitrogens with two attached hydrogens (primary N) is 1. The first kappa shape index (κ1) is 12.6. The molecule has 2 rings (SSSR count). The summed E-state index contributed by atoms with van der Waals surface area (Å²) < 4.78 is 1.69. The van der Waals surface area contributed by atoms with Gasteiger partial charge in [0, 0.05) is 0 Å². The van der Waals surface area contributed by atoms with Crippen LogP contribution in [0, 0.1) is 0 Å². The van der Waals surface area contributed by atoms with Gasteiger partial charge < -0.3 is 15.4 Å². The number of carbonyl (C=O) groups is 1. The maximum atomic E-state index is 11.0. The molecule has 0 amide bonds. The molecule has 0 radical (unpaired) electrons. The summed E-state index contributed by atoms with van der Waals surface area (Å²) >= 11 is 0. The van der Waals surface area contributed by atoms with E-state index in [1.165, 1.54) is 0 Å². The molecule has 1 heterocycles. The van der Waals surface area contributed by atoms with Gasteiger partial charge in [-0.25, -0.2) is 4.98 Å². The van der Waals surface area contributed by atoms with Crippen LogP contribution < -0.4 is 5.73 Å². The van der Waals surface area contributed by atoms with Crippen molar-refractivity contribution >= 4 is 17.0 Å². The van der Waals surface area contributed by atoms with Crippen LogP contribution in [0.3, 0.4) is 0 Å². The average Bonchev–Trinajstić information content (AvgIpc) is 2.68. The number of carboxylic acid groups (broad SMARTS) is 1. The molecule has 1 aromatic heterocycles. The molecule has 0 bridgehead atoms. The predicted molar refractivity (Wildman–Crippen MR) is 69.2 cm³/mol. The van der Waals surface area contributed by atoms with Gasteiger partial charge >= 0.3 is 5.97 Å². The summed E-state index contributed by atoms with van der Waals surface area (Å²) in [6, 6.07) is 7.28. The molecule has 5 heteroatoms. The average molecular weight is 247 g/mol. The molecular weight excluding hydrogens is 230 g/mol. The van der Waals surface area contributed by atoms with E-state index in [9.17, 15) is 4.79 Å². The molecule has 0 saturated heterocycles. The maximum absolute atomic E-state index is 11.0. The monoisotopic (exact) mass is 247 g/mol. The molecule has 0 saturated carbocycles. The summed E-state index contributed by atoms with van der Waals surface area (Å²) in [5.74, 6) is -0.233. The van der Waals surface area contributed by atoms with E-state index in [1.54, 1.807) is 4.57 Å². The van der Waals surface area contributed by atoms with E-state index in [1.807, 2.05) is 31.2 Å². The maximum Gasteiger partial charge on any atom is 0.323 e. The van der Waals surface area contributed by atoms with Crippen molar-refractivity contribution in [2.24, 2.45) is 5.73 Å². The highest BCUT2D eigenvalue weighted by Gasteiger charge is 2.17. The molecule has 2 aromatic rings. The van der Waals surface area contributed by atoms with Crippen molar-refractivity contribution in [3.05, 3.63) is 30.1 Å². The molecule has 5 nitrogen and oxygen atoms in total. The molecule has 0 aliphatic carbocycles. The highest BCUT2D eigenvalue weighted by atomic mass is 16.4. The van der Waals surface area contributed by atoms with Crippen molar-refractivity contribution in [1.82, 2.24) is 9.55 Å². The first-order valence-electron chi connectivity index (χ1n) is 6.06. The molecular formula is C13H17N3O2. The molecule has 0 fully saturated rings. The fourth-order valence-electron chi connectivity index (χ4n) is 2.12. The van der Waals surface area contributed by atoms with Gasteiger partial charge in [-0.2, -0.15) is 0 Å². The van der Waals surface area contributed by atoms with Gasteiger partial charge in [0.05, 0.1) is 17.1 Å². The van der Waals surface area contributed by atoms with Crippen molar-refractivity contribution in [2.75, 3.05) is 0 Å². The highest BCUT2D eigenvalue weighted by molar-refractivity contribution is 5.78. The minimum atomic E-state index is -0.886. The minimum Gasteiger partial charge on any atom is -0.480 e. The fourth-order valence-corrected chi connectivity index (χ4v) is 2.12. The largest absolute Gasteiger partial charge is 0.480 e. The molecule has 96 valence electrons. The van der Waals surface area contributed by atoms with Crippen molar-refractivity contribution in [1.29, 1.82) is 0 Å². The Balaban J connectivity index is 2.52. The van der Waals surface area contributed by atoms with Gasteiger partial charge in [-0.15, -0.1) is 0 Å². The zero-order valence-electron chi connectivity index (χ0n) is 10.3. The fraction of sp³-hybridized carbons (Fsp3) is 0.385. The predicted octanol–water partition coefficient (Wildman–Crippen LogP) is 1.92. The van der Waals surface area contributed by atoms with Crippen molar-refractivity contribution < 1.29 is 9.90 Å². The van der Waals surface area contributed by atoms with Gasteiger partial charge in [0.25, 0.3) is 0 Å². The summed E-state index contributed by atoms with van der Waals surface area (Å²) in [6.45, 7) is 1.94. The summed E-state index contributed by atoms with van der Waals surface area (Å²) in [6.07, 6.45) is 1.74. The van der Waals surface area contributed by atoms with Crippen LogP contribution in [0.25, 0.3) is 11.0 Å². The van der Waals surface area contributed by atoms with Gasteiger partial charge in [-0.3, -0.25) is 4.79 Å². The Kier molecular flexibility index (Phi) is 3.62. The van der Waals surface area contributed by atoms with Gasteiger partial charge in [0.1, 0.15) is 12.4 Å². The van der Waals surface area contributed by atoms with Crippen LogP contribution >= 0.6 is 0 Å². The summed E-state index contributed by atoms with van der Waals surface area (Å²) in [7, 11) is 0. The third-order valence-electron chi connectivity index (χ3n) is 2.91. The third kappa shape index (κ3) is 2.36. The number of aromatic nitrogens is 2. The van der Waals surface area contributed by atoms with Gasteiger partial charge in [0.15, 0.2) is 0 Å². The molecule has 18 heavy (non-hydrogen) atoms. The molecule has 0 aliphatic heterocycles. The number of hydrogen-bond acceptors (Lipinski definition) is 3. The lowest BCUT2D eigenvalue weighted by Crippen LogP contribution is -2.19. The number of para-hydroxylation sites is 2. The Morgan fingerprint density at radius 1 is 1.50 bits per heavy atom. The van der Waals surface area contributed by atoms with Crippen LogP contribution in [-0.2, 0) is 11.3 Å². The van der Waals surface area contributed by atoms with E-state index in [4.69, 9.17) is 10.8 Å². The van der Waals surface area contributed by atoms with Crippen molar-refractivity contribution in [2.45, 2.75) is 32.4 Å². The standard InChI is InChI=1S/C13H17N3O2/c1-2-5-9(14)13-15-10-6-3-4-7-11(10)16(13)8-12(17)18/h3-4,6-7,9H,2,5,8,14H2,1H3,(H,17,18). The number of nitrogens with zero attached hydrogens (tertiary/aromatic N) is 2. The zero-order valence-corrected chi connectivity index (χ0v) is 10.3. The minimum absolute atomic E-state index is 0.104. The molecule has 0 aliphatic rings. The van der Waals surface area contributed by atoms with Crippen LogP contribution in [0.15, 0.2) is 24.3 Å². The number of carboxylic acids is 1. The highest BCUT2D eigenvalue weighted by Crippen LogP contribution is 2.22. The first-order chi connectivity index (χ1) is 8.63. The number of rotatable bonds is 5. The van der Waals surface area contributed by atoms with Crippen LogP contribution in [0.1, 0.15) is 31.6 Å². The Morgan fingerprint density at radius 3 is 2.89 bits per heavy atom. The van der Waals surface area contributed by atoms with Crippen molar-refractivity contribution in [3.8, 4) is 0 Å². The number of hydrogen-bond donors (Lipinski definition) is 2. The molecule has 0 spiro atoms. The van der Waals surface area contributed by atoms with Crippen molar-refractivity contribution in [3.63, 3.8) is 0 Å². The second kappa shape index (κ2) is 5.18. The lowest BCUT2D eigenvalue weighted by Gasteiger charge is -2.12. The topological polar surface area (TPSA) is 81.1 Å². The molecule has 3 N–H and O–H groups in total. The van der Waals surface area contributed by atoms with E-state index in [0.717, 1.165) is 23.9 Å². The normalized spacial score (nSPS) is 12.8. The lowest BCUT2D eigenvalue weighted by atomic mass is 10.2. The molecule has 1 atom stereocenters. The number of aliphatic carboxylic acids is 1. The molecule has 1 unspecified atom stereocenters. The van der Waals surface area contributed by atoms with Crippen LogP contribution in [0.5, 0.6) is 0 Å². The van der Waals surface area contributed by atoms with Crippen LogP contribution in [0.4, 0.5) is 0 Å². The molecule has 1 aromatic carbocycles. The van der Waals surface area contributed by atoms with Gasteiger partial charge in [-0.05, 0) is 18.6 Å². The number of imidazole rings is 1. The number of fused-ring (bicyclic) bond motifs is 1. The number of benzene rings is 1. The Morgan fingerprint density at radius 2 is 2.22 bits per heavy atom. The van der Waals surface area contributed by atoms with E-state index >= 15 is 0 Å². The third-order valence-corrected chi connectivity index (χ3v) is 2.91. The summed E-state index contributed by atoms with van der Waals surface area (Å²) in [5.41, 5.74) is 7.68.